The van der Waals surface area contributed by atoms with E-state index in [1.165, 1.54) is 51.5 Å². The predicted octanol–water partition coefficient (Wildman–Crippen LogP) is 2.63. The highest BCUT2D eigenvalue weighted by atomic mass is 15.0. The molecule has 0 N–H and O–H groups in total. The molecule has 0 heterocycles. The molecule has 0 aliphatic heterocycles. The summed E-state index contributed by atoms with van der Waals surface area (Å²) in [5, 5.41) is 0. The van der Waals surface area contributed by atoms with Crippen molar-refractivity contribution in [3.8, 4) is 0 Å². The first kappa shape index (κ1) is 12.8. The van der Waals surface area contributed by atoms with Gasteiger partial charge in [0.1, 0.15) is 0 Å². The Hall–Kier alpha value is -0.235. The summed E-state index contributed by atoms with van der Waals surface area (Å²) in [5.41, 5.74) is 0. The van der Waals surface area contributed by atoms with Crippen molar-refractivity contribution < 1.29 is 0 Å². The first-order valence-corrected chi connectivity index (χ1v) is 6.48. The third kappa shape index (κ3) is 5.41. The molecular formula is C13H26BN. The molecule has 0 unspecified atom stereocenters. The van der Waals surface area contributed by atoms with Gasteiger partial charge in [-0.25, -0.2) is 0 Å². The van der Waals surface area contributed by atoms with Crippen molar-refractivity contribution in [3.05, 3.63) is 12.7 Å². The van der Waals surface area contributed by atoms with E-state index < -0.39 is 0 Å². The summed E-state index contributed by atoms with van der Waals surface area (Å²) < 4.78 is 0. The van der Waals surface area contributed by atoms with Crippen LogP contribution in [0.4, 0.5) is 0 Å². The van der Waals surface area contributed by atoms with E-state index in [9.17, 15) is 0 Å². The van der Waals surface area contributed by atoms with Gasteiger partial charge in [0.2, 0.25) is 0 Å². The van der Waals surface area contributed by atoms with Crippen molar-refractivity contribution in [2.75, 3.05) is 13.6 Å². The zero-order valence-electron chi connectivity index (χ0n) is 10.5. The molecule has 0 aromatic carbocycles. The van der Waals surface area contributed by atoms with Gasteiger partial charge in [0.15, 0.2) is 7.98 Å². The smallest absolute Gasteiger partial charge is 0.185 e. The van der Waals surface area contributed by atoms with Crippen LogP contribution in [-0.2, 0) is 0 Å². The Morgan fingerprint density at radius 1 is 1.40 bits per heavy atom. The number of hydrogen-bond donors (Lipinski definition) is 0. The summed E-state index contributed by atoms with van der Waals surface area (Å²) in [4.78, 5) is 2.32. The molecule has 0 radical (unpaired) electrons. The summed E-state index contributed by atoms with van der Waals surface area (Å²) >= 11 is 0. The molecule has 86 valence electrons. The Morgan fingerprint density at radius 2 is 2.07 bits per heavy atom. The van der Waals surface area contributed by atoms with Crippen molar-refractivity contribution in [1.29, 1.82) is 0 Å². The number of allylic oxidation sites excluding steroid dienone is 1. The third-order valence-electron chi connectivity index (χ3n) is 3.51. The number of rotatable bonds is 6. The number of hydrogen-bond acceptors (Lipinski definition) is 1. The van der Waals surface area contributed by atoms with Crippen LogP contribution in [0.5, 0.6) is 0 Å². The van der Waals surface area contributed by atoms with E-state index in [0.29, 0.717) is 0 Å². The molecule has 0 aromatic rings. The van der Waals surface area contributed by atoms with Crippen LogP contribution in [0, 0.1) is 11.8 Å². The first-order valence-electron chi connectivity index (χ1n) is 6.48. The Kier molecular flexibility index (Phi) is 6.08. The summed E-state index contributed by atoms with van der Waals surface area (Å²) in [6.45, 7) is 5.11. The van der Waals surface area contributed by atoms with Crippen LogP contribution in [0.2, 0.25) is 0 Å². The fourth-order valence-corrected chi connectivity index (χ4v) is 2.89. The second kappa shape index (κ2) is 7.11. The van der Waals surface area contributed by atoms with Crippen LogP contribution in [0.15, 0.2) is 12.7 Å². The van der Waals surface area contributed by atoms with E-state index in [0.717, 1.165) is 11.8 Å². The monoisotopic (exact) mass is 207 g/mol. The minimum atomic E-state index is 0.834. The van der Waals surface area contributed by atoms with Gasteiger partial charge in [-0.2, -0.15) is 0 Å². The normalized spacial score (nSPS) is 20.4. The summed E-state index contributed by atoms with van der Waals surface area (Å²) in [7, 11) is 4.36. The topological polar surface area (TPSA) is 3.24 Å². The Bertz CT molecular complexity index is 173. The Balaban J connectivity index is 2.31. The van der Waals surface area contributed by atoms with Crippen LogP contribution < -0.4 is 0 Å². The zero-order chi connectivity index (χ0) is 11.1. The van der Waals surface area contributed by atoms with Gasteiger partial charge in [0.05, 0.1) is 0 Å². The van der Waals surface area contributed by atoms with Crippen molar-refractivity contribution in [1.82, 2.24) is 4.81 Å². The van der Waals surface area contributed by atoms with E-state index in [1.54, 1.807) is 0 Å². The average molecular weight is 207 g/mol. The molecule has 1 fully saturated rings. The standard InChI is InChI=1S/C13H26BN/c1-3-7-13(11-15(2)14)10-12-8-5-4-6-9-12/h3,12-13H,1,4-11,14H2,2H3/t13-/m0/s1. The van der Waals surface area contributed by atoms with Crippen LogP contribution >= 0.6 is 0 Å². The summed E-state index contributed by atoms with van der Waals surface area (Å²) in [6.07, 6.45) is 12.1. The van der Waals surface area contributed by atoms with Crippen molar-refractivity contribution >= 4 is 7.98 Å². The van der Waals surface area contributed by atoms with Gasteiger partial charge in [-0.05, 0) is 38.3 Å². The van der Waals surface area contributed by atoms with E-state index in [1.807, 2.05) is 0 Å². The molecule has 1 aliphatic rings. The highest BCUT2D eigenvalue weighted by Crippen LogP contribution is 2.30. The SMILES string of the molecule is BN(C)C[C@@H](CC=C)CC1CCCCC1. The van der Waals surface area contributed by atoms with Crippen LogP contribution in [0.1, 0.15) is 44.9 Å². The highest BCUT2D eigenvalue weighted by Gasteiger charge is 2.18. The van der Waals surface area contributed by atoms with E-state index in [-0.39, 0.29) is 0 Å². The minimum Gasteiger partial charge on any atom is -0.351 e. The maximum atomic E-state index is 3.88. The molecule has 1 nitrogen and oxygen atoms in total. The second-order valence-corrected chi connectivity index (χ2v) is 5.39. The second-order valence-electron chi connectivity index (χ2n) is 5.39. The molecule has 0 spiro atoms. The van der Waals surface area contributed by atoms with E-state index >= 15 is 0 Å². The van der Waals surface area contributed by atoms with Gasteiger partial charge in [0.25, 0.3) is 0 Å². The maximum Gasteiger partial charge on any atom is 0.185 e. The lowest BCUT2D eigenvalue weighted by atomic mass is 9.81. The fourth-order valence-electron chi connectivity index (χ4n) is 2.89. The highest BCUT2D eigenvalue weighted by molar-refractivity contribution is 6.04. The zero-order valence-corrected chi connectivity index (χ0v) is 10.5. The molecule has 1 rings (SSSR count). The number of nitrogens with zero attached hydrogens (tertiary/aromatic N) is 1. The molecule has 1 atom stereocenters. The van der Waals surface area contributed by atoms with E-state index in [4.69, 9.17) is 0 Å². The molecule has 0 saturated heterocycles. The summed E-state index contributed by atoms with van der Waals surface area (Å²) in [5.74, 6) is 1.84. The maximum absolute atomic E-state index is 3.88. The van der Waals surface area contributed by atoms with Crippen LogP contribution in [0.25, 0.3) is 0 Å². The van der Waals surface area contributed by atoms with Crippen molar-refractivity contribution in [3.63, 3.8) is 0 Å². The Morgan fingerprint density at radius 3 is 2.60 bits per heavy atom. The molecule has 0 aromatic heterocycles. The lowest BCUT2D eigenvalue weighted by Crippen LogP contribution is -2.25. The van der Waals surface area contributed by atoms with Gasteiger partial charge in [-0.3, -0.25) is 0 Å². The molecule has 1 saturated carbocycles. The lowest BCUT2D eigenvalue weighted by molar-refractivity contribution is 0.266. The van der Waals surface area contributed by atoms with E-state index in [2.05, 4.69) is 32.5 Å². The largest absolute Gasteiger partial charge is 0.351 e. The van der Waals surface area contributed by atoms with Crippen molar-refractivity contribution in [2.24, 2.45) is 11.8 Å². The van der Waals surface area contributed by atoms with Gasteiger partial charge in [-0.15, -0.1) is 6.58 Å². The summed E-state index contributed by atoms with van der Waals surface area (Å²) in [6, 6.07) is 0. The van der Waals surface area contributed by atoms with Crippen LogP contribution in [0.3, 0.4) is 0 Å². The molecule has 1 aliphatic carbocycles. The molecule has 0 bridgehead atoms. The van der Waals surface area contributed by atoms with Crippen LogP contribution in [-0.4, -0.2) is 26.4 Å². The molecular weight excluding hydrogens is 181 g/mol. The first-order chi connectivity index (χ1) is 7.22. The lowest BCUT2D eigenvalue weighted by Gasteiger charge is -2.27. The quantitative estimate of drug-likeness (QED) is 0.478. The van der Waals surface area contributed by atoms with Gasteiger partial charge < -0.3 is 4.81 Å². The Labute approximate surface area is 96.4 Å². The minimum absolute atomic E-state index is 0.834. The average Bonchev–Trinajstić information content (AvgIpc) is 2.18. The van der Waals surface area contributed by atoms with Crippen molar-refractivity contribution in [2.45, 2.75) is 44.9 Å². The van der Waals surface area contributed by atoms with Gasteiger partial charge >= 0.3 is 0 Å². The fraction of sp³-hybridized carbons (Fsp3) is 0.846. The third-order valence-corrected chi connectivity index (χ3v) is 3.51. The van der Waals surface area contributed by atoms with Gasteiger partial charge in [-0.1, -0.05) is 38.2 Å². The molecule has 15 heavy (non-hydrogen) atoms. The molecule has 0 amide bonds. The predicted molar refractivity (Wildman–Crippen MR) is 70.7 cm³/mol. The van der Waals surface area contributed by atoms with Gasteiger partial charge in [0, 0.05) is 0 Å². The molecule has 2 heteroatoms.